The summed E-state index contributed by atoms with van der Waals surface area (Å²) in [5, 5.41) is 6.18. The zero-order chi connectivity index (χ0) is 23.6. The number of amides is 1. The first-order valence-corrected chi connectivity index (χ1v) is 11.7. The molecule has 0 aliphatic carbocycles. The Labute approximate surface area is 198 Å². The lowest BCUT2D eigenvalue weighted by Gasteiger charge is -2.33. The third-order valence-corrected chi connectivity index (χ3v) is 6.95. The summed E-state index contributed by atoms with van der Waals surface area (Å²) in [5.41, 5.74) is 10.4. The minimum atomic E-state index is -0.707. The van der Waals surface area contributed by atoms with Crippen molar-refractivity contribution in [2.24, 2.45) is 5.92 Å². The van der Waals surface area contributed by atoms with E-state index in [9.17, 15) is 4.79 Å². The fourth-order valence-corrected chi connectivity index (χ4v) is 4.33. The lowest BCUT2D eigenvalue weighted by molar-refractivity contribution is -0.122. The first-order chi connectivity index (χ1) is 15.8. The Morgan fingerprint density at radius 3 is 2.12 bits per heavy atom. The maximum atomic E-state index is 13.5. The molecule has 6 nitrogen and oxygen atoms in total. The van der Waals surface area contributed by atoms with E-state index in [2.05, 4.69) is 34.1 Å². The summed E-state index contributed by atoms with van der Waals surface area (Å²) < 4.78 is 0. The molecule has 2 aromatic carbocycles. The lowest BCUT2D eigenvalue weighted by atomic mass is 9.72. The van der Waals surface area contributed by atoms with Crippen LogP contribution in [-0.2, 0) is 10.2 Å². The number of benzene rings is 2. The fourth-order valence-electron chi connectivity index (χ4n) is 3.70. The number of nitrogens with zero attached hydrogens (tertiary/aromatic N) is 3. The number of hydrogen-bond acceptors (Lipinski definition) is 6. The van der Waals surface area contributed by atoms with Crippen molar-refractivity contribution in [1.82, 2.24) is 15.0 Å². The zero-order valence-electron chi connectivity index (χ0n) is 19.2. The molecule has 0 saturated heterocycles. The molecular formula is C26H27N5OS. The minimum absolute atomic E-state index is 0.0432. The molecule has 0 aliphatic rings. The number of rotatable bonds is 6. The quantitative estimate of drug-likeness (QED) is 0.387. The van der Waals surface area contributed by atoms with Crippen LogP contribution in [0.4, 0.5) is 11.6 Å². The van der Waals surface area contributed by atoms with Gasteiger partial charge < -0.3 is 11.1 Å². The molecule has 1 atom stereocenters. The molecule has 1 amide bonds. The van der Waals surface area contributed by atoms with Crippen molar-refractivity contribution < 1.29 is 4.79 Å². The molecule has 4 rings (SSSR count). The van der Waals surface area contributed by atoms with Gasteiger partial charge in [-0.2, -0.15) is 0 Å². The van der Waals surface area contributed by atoms with E-state index in [1.807, 2.05) is 67.8 Å². The number of thiazole rings is 1. The zero-order valence-corrected chi connectivity index (χ0v) is 20.0. The van der Waals surface area contributed by atoms with Gasteiger partial charge in [-0.25, -0.2) is 15.0 Å². The number of aryl methyl sites for hydroxylation is 1. The van der Waals surface area contributed by atoms with Crippen LogP contribution in [0.3, 0.4) is 0 Å². The van der Waals surface area contributed by atoms with Gasteiger partial charge in [-0.05, 0) is 43.0 Å². The number of anilines is 2. The second-order valence-electron chi connectivity index (χ2n) is 8.55. The first kappa shape index (κ1) is 22.6. The van der Waals surface area contributed by atoms with E-state index in [0.29, 0.717) is 0 Å². The Kier molecular flexibility index (Phi) is 6.24. The fraction of sp³-hybridized carbons (Fsp3) is 0.231. The van der Waals surface area contributed by atoms with Crippen LogP contribution in [0.2, 0.25) is 0 Å². The maximum absolute atomic E-state index is 13.5. The number of aromatic nitrogens is 3. The van der Waals surface area contributed by atoms with Crippen molar-refractivity contribution >= 4 is 28.9 Å². The van der Waals surface area contributed by atoms with E-state index >= 15 is 0 Å². The molecule has 0 fully saturated rings. The Balaban J connectivity index is 1.55. The third kappa shape index (κ3) is 4.64. The van der Waals surface area contributed by atoms with Gasteiger partial charge in [0.25, 0.3) is 0 Å². The van der Waals surface area contributed by atoms with Gasteiger partial charge in [-0.15, -0.1) is 11.3 Å². The van der Waals surface area contributed by atoms with Crippen LogP contribution in [-0.4, -0.2) is 20.9 Å². The molecule has 1 unspecified atom stereocenters. The molecule has 0 aliphatic heterocycles. The number of nitrogens with one attached hydrogen (secondary N) is 1. The van der Waals surface area contributed by atoms with Gasteiger partial charge in [0.15, 0.2) is 0 Å². The summed E-state index contributed by atoms with van der Waals surface area (Å²) in [6.07, 6.45) is 3.39. The molecule has 0 saturated carbocycles. The first-order valence-electron chi connectivity index (χ1n) is 10.8. The van der Waals surface area contributed by atoms with Crippen LogP contribution in [0.25, 0.3) is 22.4 Å². The second-order valence-corrected chi connectivity index (χ2v) is 9.61. The number of nitrogens with two attached hydrogens (primary N) is 1. The van der Waals surface area contributed by atoms with E-state index < -0.39 is 5.41 Å². The predicted molar refractivity (Wildman–Crippen MR) is 135 cm³/mol. The molecule has 168 valence electrons. The van der Waals surface area contributed by atoms with Crippen LogP contribution >= 0.6 is 11.3 Å². The van der Waals surface area contributed by atoms with Gasteiger partial charge in [0, 0.05) is 34.6 Å². The van der Waals surface area contributed by atoms with Gasteiger partial charge >= 0.3 is 0 Å². The van der Waals surface area contributed by atoms with Crippen molar-refractivity contribution in [1.29, 1.82) is 0 Å². The highest BCUT2D eigenvalue weighted by atomic mass is 32.1. The van der Waals surface area contributed by atoms with E-state index in [1.165, 1.54) is 0 Å². The van der Waals surface area contributed by atoms with Crippen molar-refractivity contribution in [2.45, 2.75) is 33.1 Å². The average molecular weight is 458 g/mol. The van der Waals surface area contributed by atoms with Gasteiger partial charge in [0.2, 0.25) is 11.9 Å². The monoisotopic (exact) mass is 457 g/mol. The Hall–Kier alpha value is -3.58. The number of nitrogen functional groups attached to an aromatic ring is 1. The second kappa shape index (κ2) is 9.11. The third-order valence-electron chi connectivity index (χ3n) is 6.17. The van der Waals surface area contributed by atoms with Crippen LogP contribution in [0.1, 0.15) is 31.3 Å². The summed E-state index contributed by atoms with van der Waals surface area (Å²) in [7, 11) is 0. The van der Waals surface area contributed by atoms with E-state index in [4.69, 9.17) is 5.73 Å². The molecule has 0 spiro atoms. The standard InChI is InChI=1S/C26H27N5OS/c1-16(2)26(4,21-9-5-18(6-10-21)20-13-28-25(27)29-14-20)24(32)31-22-11-7-19(8-12-22)23-15-33-17(3)30-23/h5-16H,1-4H3,(H,31,32)(H2,27,28,29). The minimum Gasteiger partial charge on any atom is -0.368 e. The van der Waals surface area contributed by atoms with E-state index in [-0.39, 0.29) is 17.8 Å². The van der Waals surface area contributed by atoms with Gasteiger partial charge in [-0.3, -0.25) is 4.79 Å². The predicted octanol–water partition coefficient (Wildman–Crippen LogP) is 5.71. The molecule has 2 heterocycles. The van der Waals surface area contributed by atoms with Crippen LogP contribution in [0.5, 0.6) is 0 Å². The van der Waals surface area contributed by atoms with Crippen LogP contribution in [0.15, 0.2) is 66.3 Å². The summed E-state index contributed by atoms with van der Waals surface area (Å²) in [4.78, 5) is 26.1. The molecule has 4 aromatic rings. The van der Waals surface area contributed by atoms with E-state index in [0.717, 1.165) is 38.6 Å². The van der Waals surface area contributed by atoms with Crippen molar-refractivity contribution in [2.75, 3.05) is 11.1 Å². The van der Waals surface area contributed by atoms with Gasteiger partial charge in [0.1, 0.15) is 0 Å². The lowest BCUT2D eigenvalue weighted by Crippen LogP contribution is -2.42. The highest BCUT2D eigenvalue weighted by Crippen LogP contribution is 2.35. The normalized spacial score (nSPS) is 13.0. The Morgan fingerprint density at radius 2 is 1.58 bits per heavy atom. The number of carbonyl (C=O) groups excluding carboxylic acids is 1. The SMILES string of the molecule is Cc1nc(-c2ccc(NC(=O)C(C)(c3ccc(-c4cnc(N)nc4)cc3)C(C)C)cc2)cs1. The smallest absolute Gasteiger partial charge is 0.235 e. The molecule has 33 heavy (non-hydrogen) atoms. The Morgan fingerprint density at radius 1 is 0.970 bits per heavy atom. The highest BCUT2D eigenvalue weighted by Gasteiger charge is 2.38. The molecule has 0 bridgehead atoms. The molecular weight excluding hydrogens is 430 g/mol. The van der Waals surface area contributed by atoms with Crippen LogP contribution < -0.4 is 11.1 Å². The summed E-state index contributed by atoms with van der Waals surface area (Å²) in [5.74, 6) is 0.285. The van der Waals surface area contributed by atoms with Crippen LogP contribution in [0, 0.1) is 12.8 Å². The van der Waals surface area contributed by atoms with Crippen molar-refractivity contribution in [3.05, 3.63) is 76.9 Å². The van der Waals surface area contributed by atoms with Crippen molar-refractivity contribution in [3.8, 4) is 22.4 Å². The molecule has 2 aromatic heterocycles. The van der Waals surface area contributed by atoms with Gasteiger partial charge in [0.05, 0.1) is 16.1 Å². The number of hydrogen-bond donors (Lipinski definition) is 2. The molecule has 0 radical (unpaired) electrons. The van der Waals surface area contributed by atoms with E-state index in [1.54, 1.807) is 23.7 Å². The topological polar surface area (TPSA) is 93.8 Å². The summed E-state index contributed by atoms with van der Waals surface area (Å²) in [6.45, 7) is 8.11. The Bertz CT molecular complexity index is 1250. The maximum Gasteiger partial charge on any atom is 0.235 e. The van der Waals surface area contributed by atoms with Gasteiger partial charge in [-0.1, -0.05) is 50.2 Å². The van der Waals surface area contributed by atoms with Crippen molar-refractivity contribution in [3.63, 3.8) is 0 Å². The summed E-state index contributed by atoms with van der Waals surface area (Å²) in [6, 6.07) is 15.8. The summed E-state index contributed by atoms with van der Waals surface area (Å²) >= 11 is 1.62. The number of carbonyl (C=O) groups is 1. The largest absolute Gasteiger partial charge is 0.368 e. The molecule has 3 N–H and O–H groups in total. The molecule has 7 heteroatoms. The average Bonchev–Trinajstić information content (AvgIpc) is 3.25. The highest BCUT2D eigenvalue weighted by molar-refractivity contribution is 7.09.